The Balaban J connectivity index is 1.60. The average molecular weight is 434 g/mol. The minimum Gasteiger partial charge on any atom is -0.493 e. The Kier molecular flexibility index (Phi) is 7.80. The fraction of sp³-hybridized carbons (Fsp3) is 0.125. The number of carbonyl (C=O) groups is 2. The summed E-state index contributed by atoms with van der Waals surface area (Å²) in [5, 5.41) is 12.6. The van der Waals surface area contributed by atoms with Crippen molar-refractivity contribution >= 4 is 18.1 Å². The van der Waals surface area contributed by atoms with E-state index in [-0.39, 0.29) is 0 Å². The first-order chi connectivity index (χ1) is 15.5. The summed E-state index contributed by atoms with van der Waals surface area (Å²) < 4.78 is 16.3. The van der Waals surface area contributed by atoms with E-state index in [1.54, 1.807) is 42.5 Å². The Labute approximate surface area is 185 Å². The first-order valence-electron chi connectivity index (χ1n) is 9.68. The Morgan fingerprint density at radius 1 is 0.969 bits per heavy atom. The van der Waals surface area contributed by atoms with E-state index in [0.29, 0.717) is 35.0 Å². The van der Waals surface area contributed by atoms with E-state index < -0.39 is 18.5 Å². The molecule has 32 heavy (non-hydrogen) atoms. The number of hydrogen-bond donors (Lipinski definition) is 2. The van der Waals surface area contributed by atoms with Crippen molar-refractivity contribution < 1.29 is 28.9 Å². The topological polar surface area (TPSA) is 106 Å². The van der Waals surface area contributed by atoms with Crippen LogP contribution in [0.25, 0.3) is 0 Å². The molecule has 0 bridgehead atoms. The molecular weight excluding hydrogens is 412 g/mol. The fourth-order valence-electron chi connectivity index (χ4n) is 2.72. The predicted octanol–water partition coefficient (Wildman–Crippen LogP) is 3.50. The highest BCUT2D eigenvalue weighted by Gasteiger charge is 2.11. The van der Waals surface area contributed by atoms with E-state index in [2.05, 4.69) is 10.5 Å². The van der Waals surface area contributed by atoms with Crippen LogP contribution in [0.15, 0.2) is 77.9 Å². The molecule has 0 aliphatic carbocycles. The van der Waals surface area contributed by atoms with Crippen molar-refractivity contribution in [3.05, 3.63) is 89.5 Å². The third-order valence-electron chi connectivity index (χ3n) is 4.26. The molecule has 3 rings (SSSR count). The molecule has 0 heterocycles. The first kappa shape index (κ1) is 22.4. The van der Waals surface area contributed by atoms with Crippen molar-refractivity contribution in [3.63, 3.8) is 0 Å². The van der Waals surface area contributed by atoms with E-state index in [1.165, 1.54) is 13.3 Å². The van der Waals surface area contributed by atoms with Gasteiger partial charge in [-0.25, -0.2) is 10.2 Å². The molecular formula is C24H22N2O6. The van der Waals surface area contributed by atoms with E-state index in [9.17, 15) is 9.59 Å². The van der Waals surface area contributed by atoms with Gasteiger partial charge in [-0.1, -0.05) is 42.5 Å². The lowest BCUT2D eigenvalue weighted by Crippen LogP contribution is -2.17. The number of hydrogen-bond acceptors (Lipinski definition) is 6. The lowest BCUT2D eigenvalue weighted by molar-refractivity contribution is -0.139. The van der Waals surface area contributed by atoms with Crippen LogP contribution in [-0.2, 0) is 11.4 Å². The number of amides is 1. The molecule has 0 spiro atoms. The van der Waals surface area contributed by atoms with Gasteiger partial charge in [-0.15, -0.1) is 0 Å². The van der Waals surface area contributed by atoms with Crippen molar-refractivity contribution in [1.29, 1.82) is 0 Å². The molecule has 0 saturated heterocycles. The standard InChI is InChI=1S/C24H22N2O6/c1-30-22-13-19(10-11-21(22)32-15-17-6-3-2-4-7-17)24(29)26-25-14-18-8-5-9-20(12-18)31-16-23(27)28/h2-14H,15-16H2,1H3,(H,26,29)(H,27,28)/b25-14+. The van der Waals surface area contributed by atoms with Crippen LogP contribution >= 0.6 is 0 Å². The van der Waals surface area contributed by atoms with Gasteiger partial charge in [-0.05, 0) is 41.5 Å². The van der Waals surface area contributed by atoms with E-state index >= 15 is 0 Å². The number of carbonyl (C=O) groups excluding carboxylic acids is 1. The number of nitrogens with one attached hydrogen (secondary N) is 1. The second-order valence-electron chi connectivity index (χ2n) is 6.59. The van der Waals surface area contributed by atoms with Crippen LogP contribution in [0.1, 0.15) is 21.5 Å². The number of nitrogens with zero attached hydrogens (tertiary/aromatic N) is 1. The van der Waals surface area contributed by atoms with Gasteiger partial charge in [0.05, 0.1) is 13.3 Å². The van der Waals surface area contributed by atoms with Crippen molar-refractivity contribution in [2.75, 3.05) is 13.7 Å². The number of carboxylic acids is 1. The van der Waals surface area contributed by atoms with Crippen molar-refractivity contribution in [3.8, 4) is 17.2 Å². The molecule has 8 nitrogen and oxygen atoms in total. The SMILES string of the molecule is COc1cc(C(=O)N/N=C/c2cccc(OCC(=O)O)c2)ccc1OCc1ccccc1. The zero-order valence-corrected chi connectivity index (χ0v) is 17.4. The van der Waals surface area contributed by atoms with Crippen molar-refractivity contribution in [2.45, 2.75) is 6.61 Å². The van der Waals surface area contributed by atoms with Gasteiger partial charge in [0.15, 0.2) is 18.1 Å². The lowest BCUT2D eigenvalue weighted by atomic mass is 10.2. The molecule has 0 radical (unpaired) electrons. The zero-order chi connectivity index (χ0) is 22.8. The number of hydrazone groups is 1. The summed E-state index contributed by atoms with van der Waals surface area (Å²) in [6.07, 6.45) is 1.43. The predicted molar refractivity (Wildman–Crippen MR) is 118 cm³/mol. The molecule has 0 unspecified atom stereocenters. The highest BCUT2D eigenvalue weighted by atomic mass is 16.5. The van der Waals surface area contributed by atoms with E-state index in [4.69, 9.17) is 19.3 Å². The molecule has 0 atom stereocenters. The molecule has 0 fully saturated rings. The normalized spacial score (nSPS) is 10.5. The molecule has 0 aliphatic rings. The summed E-state index contributed by atoms with van der Waals surface area (Å²) in [4.78, 5) is 23.0. The maximum absolute atomic E-state index is 12.4. The second kappa shape index (κ2) is 11.2. The highest BCUT2D eigenvalue weighted by Crippen LogP contribution is 2.28. The molecule has 0 saturated carbocycles. The number of carboxylic acid groups (broad SMARTS) is 1. The van der Waals surface area contributed by atoms with Crippen molar-refractivity contribution in [2.24, 2.45) is 5.10 Å². The Morgan fingerprint density at radius 2 is 1.78 bits per heavy atom. The molecule has 0 aliphatic heterocycles. The van der Waals surface area contributed by atoms with Crippen LogP contribution < -0.4 is 19.6 Å². The van der Waals surface area contributed by atoms with Crippen LogP contribution in [0.4, 0.5) is 0 Å². The summed E-state index contributed by atoms with van der Waals surface area (Å²) in [5.74, 6) is -0.149. The molecule has 8 heteroatoms. The lowest BCUT2D eigenvalue weighted by Gasteiger charge is -2.12. The van der Waals surface area contributed by atoms with E-state index in [1.807, 2.05) is 30.3 Å². The third kappa shape index (κ3) is 6.60. The Bertz CT molecular complexity index is 1100. The fourth-order valence-corrected chi connectivity index (χ4v) is 2.72. The zero-order valence-electron chi connectivity index (χ0n) is 17.4. The molecule has 3 aromatic carbocycles. The minimum absolute atomic E-state index is 0.351. The van der Waals surface area contributed by atoms with Gasteiger partial charge in [0.25, 0.3) is 5.91 Å². The highest BCUT2D eigenvalue weighted by molar-refractivity contribution is 5.95. The second-order valence-corrected chi connectivity index (χ2v) is 6.59. The maximum atomic E-state index is 12.4. The number of methoxy groups -OCH3 is 1. The van der Waals surface area contributed by atoms with Gasteiger partial charge in [0.1, 0.15) is 12.4 Å². The quantitative estimate of drug-likeness (QED) is 0.374. The van der Waals surface area contributed by atoms with Gasteiger partial charge in [-0.2, -0.15) is 5.10 Å². The number of rotatable bonds is 10. The van der Waals surface area contributed by atoms with Crippen LogP contribution in [-0.4, -0.2) is 36.9 Å². The van der Waals surface area contributed by atoms with Gasteiger partial charge in [0, 0.05) is 5.56 Å². The Hall–Kier alpha value is -4.33. The third-order valence-corrected chi connectivity index (χ3v) is 4.26. The van der Waals surface area contributed by atoms with Crippen LogP contribution in [0.5, 0.6) is 17.2 Å². The van der Waals surface area contributed by atoms with Crippen LogP contribution in [0.3, 0.4) is 0 Å². The van der Waals surface area contributed by atoms with Crippen molar-refractivity contribution in [1.82, 2.24) is 5.43 Å². The summed E-state index contributed by atoms with van der Waals surface area (Å²) in [7, 11) is 1.50. The van der Waals surface area contributed by atoms with Gasteiger partial charge in [0.2, 0.25) is 0 Å². The van der Waals surface area contributed by atoms with Crippen LogP contribution in [0.2, 0.25) is 0 Å². The van der Waals surface area contributed by atoms with Gasteiger partial charge >= 0.3 is 5.97 Å². The smallest absolute Gasteiger partial charge is 0.341 e. The molecule has 2 N–H and O–H groups in total. The van der Waals surface area contributed by atoms with Gasteiger partial charge < -0.3 is 19.3 Å². The minimum atomic E-state index is -1.07. The molecule has 164 valence electrons. The average Bonchev–Trinajstić information content (AvgIpc) is 2.82. The number of aliphatic carboxylic acids is 1. The van der Waals surface area contributed by atoms with Crippen LogP contribution in [0, 0.1) is 0 Å². The first-order valence-corrected chi connectivity index (χ1v) is 9.68. The monoisotopic (exact) mass is 434 g/mol. The summed E-state index contributed by atoms with van der Waals surface area (Å²) in [5.41, 5.74) is 4.45. The maximum Gasteiger partial charge on any atom is 0.341 e. The number of benzene rings is 3. The molecule has 1 amide bonds. The largest absolute Gasteiger partial charge is 0.493 e. The number of ether oxygens (including phenoxy) is 3. The molecule has 3 aromatic rings. The summed E-state index contributed by atoms with van der Waals surface area (Å²) >= 11 is 0. The Morgan fingerprint density at radius 3 is 2.53 bits per heavy atom. The van der Waals surface area contributed by atoms with E-state index in [0.717, 1.165) is 5.56 Å². The molecule has 0 aromatic heterocycles. The van der Waals surface area contributed by atoms with Gasteiger partial charge in [-0.3, -0.25) is 4.79 Å². The summed E-state index contributed by atoms with van der Waals surface area (Å²) in [6, 6.07) is 21.3. The summed E-state index contributed by atoms with van der Waals surface area (Å²) in [6.45, 7) is -0.0630.